The minimum atomic E-state index is -0.596. The molecular weight excluding hydrogens is 324 g/mol. The van der Waals surface area contributed by atoms with Gasteiger partial charge in [0.1, 0.15) is 5.88 Å². The number of alkyl halides is 1. The van der Waals surface area contributed by atoms with E-state index in [2.05, 4.69) is 10.6 Å². The van der Waals surface area contributed by atoms with Gasteiger partial charge in [-0.05, 0) is 31.0 Å². The van der Waals surface area contributed by atoms with Crippen LogP contribution in [-0.4, -0.2) is 17.7 Å². The molecule has 1 atom stereocenters. The molecule has 3 rings (SSSR count). The number of fused-ring (bicyclic) bond motifs is 1. The Morgan fingerprint density at radius 1 is 1.12 bits per heavy atom. The molecule has 0 aliphatic carbocycles. The number of hydrogen-bond acceptors (Lipinski definition) is 2. The molecule has 1 aliphatic heterocycles. The third-order valence-electron chi connectivity index (χ3n) is 4.46. The van der Waals surface area contributed by atoms with Gasteiger partial charge in [0.15, 0.2) is 0 Å². The predicted molar refractivity (Wildman–Crippen MR) is 95.2 cm³/mol. The Hall–Kier alpha value is -2.33. The third kappa shape index (κ3) is 2.78. The fraction of sp³-hybridized carbons (Fsp3) is 0.263. The molecule has 2 N–H and O–H groups in total. The molecule has 124 valence electrons. The molecule has 0 saturated heterocycles. The number of anilines is 1. The lowest BCUT2D eigenvalue weighted by atomic mass is 9.74. The van der Waals surface area contributed by atoms with Crippen molar-refractivity contribution < 1.29 is 9.59 Å². The highest BCUT2D eigenvalue weighted by molar-refractivity contribution is 6.29. The van der Waals surface area contributed by atoms with E-state index < -0.39 is 5.41 Å². The summed E-state index contributed by atoms with van der Waals surface area (Å²) in [6, 6.07) is 15.0. The van der Waals surface area contributed by atoms with E-state index >= 15 is 0 Å². The van der Waals surface area contributed by atoms with Crippen molar-refractivity contribution in [1.82, 2.24) is 5.32 Å². The van der Waals surface area contributed by atoms with Crippen molar-refractivity contribution in [1.29, 1.82) is 0 Å². The first-order chi connectivity index (χ1) is 11.4. The van der Waals surface area contributed by atoms with Gasteiger partial charge in [-0.25, -0.2) is 0 Å². The predicted octanol–water partition coefficient (Wildman–Crippen LogP) is 3.36. The number of carbonyl (C=O) groups is 2. The minimum absolute atomic E-state index is 0.0373. The zero-order valence-electron chi connectivity index (χ0n) is 13.6. The van der Waals surface area contributed by atoms with E-state index in [1.807, 2.05) is 62.4 Å². The van der Waals surface area contributed by atoms with Gasteiger partial charge in [0.25, 0.3) is 0 Å². The lowest BCUT2D eigenvalue weighted by molar-refractivity contribution is -0.127. The summed E-state index contributed by atoms with van der Waals surface area (Å²) in [4.78, 5) is 24.3. The maximum atomic E-state index is 12.6. The molecule has 0 saturated carbocycles. The maximum absolute atomic E-state index is 12.6. The molecule has 0 fully saturated rings. The van der Waals surface area contributed by atoms with Crippen LogP contribution in [0.1, 0.15) is 36.6 Å². The molecular formula is C19H19ClN2O2. The Kier molecular flexibility index (Phi) is 4.33. The summed E-state index contributed by atoms with van der Waals surface area (Å²) in [6.07, 6.45) is 0. The van der Waals surface area contributed by atoms with Crippen LogP contribution in [-0.2, 0) is 15.0 Å². The van der Waals surface area contributed by atoms with Crippen LogP contribution in [0.2, 0.25) is 0 Å². The number of nitrogens with one attached hydrogen (secondary N) is 2. The van der Waals surface area contributed by atoms with Crippen molar-refractivity contribution >= 4 is 29.1 Å². The van der Waals surface area contributed by atoms with E-state index in [0.29, 0.717) is 5.69 Å². The molecule has 1 aliphatic rings. The Balaban J connectivity index is 2.11. The van der Waals surface area contributed by atoms with Crippen molar-refractivity contribution in [2.75, 3.05) is 11.2 Å². The Morgan fingerprint density at radius 2 is 1.75 bits per heavy atom. The number of amides is 2. The average Bonchev–Trinajstić information content (AvgIpc) is 2.59. The van der Waals surface area contributed by atoms with Crippen LogP contribution in [0.25, 0.3) is 0 Å². The summed E-state index contributed by atoms with van der Waals surface area (Å²) in [5, 5.41) is 5.89. The standard InChI is InChI=1S/C19H19ClN2O2/c1-19(2)14-9-5-3-7-12(14)17(22-18(19)24)13-8-4-6-10-15(13)21-16(23)11-20/h3-10,17H,11H2,1-2H3,(H,21,23)(H,22,24). The highest BCUT2D eigenvalue weighted by Crippen LogP contribution is 2.39. The second kappa shape index (κ2) is 6.29. The number of hydrogen-bond donors (Lipinski definition) is 2. The Labute approximate surface area is 146 Å². The molecule has 2 aromatic rings. The zero-order chi connectivity index (χ0) is 17.3. The molecule has 24 heavy (non-hydrogen) atoms. The lowest BCUT2D eigenvalue weighted by Crippen LogP contribution is -2.47. The summed E-state index contributed by atoms with van der Waals surface area (Å²) in [5.74, 6) is -0.431. The average molecular weight is 343 g/mol. The fourth-order valence-corrected chi connectivity index (χ4v) is 3.19. The van der Waals surface area contributed by atoms with E-state index in [4.69, 9.17) is 11.6 Å². The lowest BCUT2D eigenvalue weighted by Gasteiger charge is -2.37. The van der Waals surface area contributed by atoms with Crippen LogP contribution < -0.4 is 10.6 Å². The number of para-hydroxylation sites is 1. The van der Waals surface area contributed by atoms with Crippen LogP contribution in [0, 0.1) is 0 Å². The summed E-state index contributed by atoms with van der Waals surface area (Å²) in [7, 11) is 0. The largest absolute Gasteiger partial charge is 0.344 e. The molecule has 4 nitrogen and oxygen atoms in total. The first-order valence-electron chi connectivity index (χ1n) is 7.80. The van der Waals surface area contributed by atoms with Gasteiger partial charge in [-0.3, -0.25) is 9.59 Å². The summed E-state index contributed by atoms with van der Waals surface area (Å²) >= 11 is 5.60. The first-order valence-corrected chi connectivity index (χ1v) is 8.33. The van der Waals surface area contributed by atoms with E-state index in [9.17, 15) is 9.59 Å². The third-order valence-corrected chi connectivity index (χ3v) is 4.70. The van der Waals surface area contributed by atoms with Crippen molar-refractivity contribution in [3.05, 3.63) is 65.2 Å². The fourth-order valence-electron chi connectivity index (χ4n) is 3.12. The Bertz CT molecular complexity index is 801. The van der Waals surface area contributed by atoms with Gasteiger partial charge in [-0.15, -0.1) is 11.6 Å². The summed E-state index contributed by atoms with van der Waals surface area (Å²) in [5.41, 5.74) is 2.93. The highest BCUT2D eigenvalue weighted by atomic mass is 35.5. The van der Waals surface area contributed by atoms with E-state index in [0.717, 1.165) is 16.7 Å². The van der Waals surface area contributed by atoms with Gasteiger partial charge < -0.3 is 10.6 Å². The highest BCUT2D eigenvalue weighted by Gasteiger charge is 2.40. The number of carbonyl (C=O) groups excluding carboxylic acids is 2. The molecule has 1 unspecified atom stereocenters. The number of halogens is 1. The molecule has 5 heteroatoms. The number of benzene rings is 2. The second-order valence-electron chi connectivity index (χ2n) is 6.39. The maximum Gasteiger partial charge on any atom is 0.239 e. The molecule has 2 aromatic carbocycles. The zero-order valence-corrected chi connectivity index (χ0v) is 14.4. The molecule has 2 amide bonds. The SMILES string of the molecule is CC1(C)C(=O)NC(c2ccccc2NC(=O)CCl)c2ccccc21. The first kappa shape index (κ1) is 16.5. The van der Waals surface area contributed by atoms with Crippen LogP contribution in [0.5, 0.6) is 0 Å². The van der Waals surface area contributed by atoms with Crippen molar-refractivity contribution in [3.63, 3.8) is 0 Å². The van der Waals surface area contributed by atoms with Gasteiger partial charge >= 0.3 is 0 Å². The van der Waals surface area contributed by atoms with Gasteiger partial charge in [0.2, 0.25) is 11.8 Å². The molecule has 0 spiro atoms. The van der Waals surface area contributed by atoms with Gasteiger partial charge in [-0.2, -0.15) is 0 Å². The normalized spacial score (nSPS) is 18.5. The van der Waals surface area contributed by atoms with Crippen molar-refractivity contribution in [2.45, 2.75) is 25.3 Å². The second-order valence-corrected chi connectivity index (χ2v) is 6.66. The van der Waals surface area contributed by atoms with E-state index in [1.165, 1.54) is 0 Å². The topological polar surface area (TPSA) is 58.2 Å². The van der Waals surface area contributed by atoms with Crippen molar-refractivity contribution in [3.8, 4) is 0 Å². The molecule has 0 bridgehead atoms. The number of rotatable bonds is 3. The van der Waals surface area contributed by atoms with E-state index in [1.54, 1.807) is 0 Å². The molecule has 1 heterocycles. The molecule has 0 aromatic heterocycles. The van der Waals surface area contributed by atoms with Crippen LogP contribution in [0.15, 0.2) is 48.5 Å². The monoisotopic (exact) mass is 342 g/mol. The van der Waals surface area contributed by atoms with Gasteiger partial charge in [0, 0.05) is 11.3 Å². The summed E-state index contributed by atoms with van der Waals surface area (Å²) < 4.78 is 0. The van der Waals surface area contributed by atoms with E-state index in [-0.39, 0.29) is 23.7 Å². The van der Waals surface area contributed by atoms with Crippen LogP contribution >= 0.6 is 11.6 Å². The Morgan fingerprint density at radius 3 is 2.46 bits per heavy atom. The quantitative estimate of drug-likeness (QED) is 0.840. The van der Waals surface area contributed by atoms with Gasteiger partial charge in [-0.1, -0.05) is 42.5 Å². The van der Waals surface area contributed by atoms with Gasteiger partial charge in [0.05, 0.1) is 11.5 Å². The van der Waals surface area contributed by atoms with Crippen LogP contribution in [0.3, 0.4) is 0 Å². The minimum Gasteiger partial charge on any atom is -0.344 e. The molecule has 0 radical (unpaired) electrons. The van der Waals surface area contributed by atoms with Crippen molar-refractivity contribution in [2.24, 2.45) is 0 Å². The van der Waals surface area contributed by atoms with Crippen LogP contribution in [0.4, 0.5) is 5.69 Å². The summed E-state index contributed by atoms with van der Waals surface area (Å²) in [6.45, 7) is 3.83. The smallest absolute Gasteiger partial charge is 0.239 e.